The second-order valence-corrected chi connectivity index (χ2v) is 6.79. The monoisotopic (exact) mass is 380 g/mol. The van der Waals surface area contributed by atoms with Crippen molar-refractivity contribution in [3.8, 4) is 11.3 Å². The largest absolute Gasteiger partial charge is 0.418 e. The van der Waals surface area contributed by atoms with Crippen LogP contribution in [0.2, 0.25) is 5.02 Å². The second kappa shape index (κ2) is 7.33. The van der Waals surface area contributed by atoms with Crippen molar-refractivity contribution in [1.29, 1.82) is 0 Å². The summed E-state index contributed by atoms with van der Waals surface area (Å²) in [4.78, 5) is 3.03. The van der Waals surface area contributed by atoms with Gasteiger partial charge < -0.3 is 10.7 Å². The second-order valence-electron chi connectivity index (χ2n) is 6.38. The molecular weight excluding hydrogens is 361 g/mol. The number of aromatic nitrogens is 1. The van der Waals surface area contributed by atoms with Gasteiger partial charge in [-0.3, -0.25) is 0 Å². The number of nitrogens with one attached hydrogen (secondary N) is 1. The Morgan fingerprint density at radius 3 is 2.46 bits per heavy atom. The van der Waals surface area contributed by atoms with E-state index in [1.807, 2.05) is 31.2 Å². The third-order valence-corrected chi connectivity index (χ3v) is 4.92. The van der Waals surface area contributed by atoms with Gasteiger partial charge in [0.2, 0.25) is 0 Å². The molecule has 0 unspecified atom stereocenters. The van der Waals surface area contributed by atoms with E-state index in [-0.39, 0.29) is 5.52 Å². The summed E-state index contributed by atoms with van der Waals surface area (Å²) in [6.45, 7) is 2.49. The highest BCUT2D eigenvalue weighted by Crippen LogP contribution is 2.42. The average molecular weight is 381 g/mol. The molecule has 0 saturated carbocycles. The van der Waals surface area contributed by atoms with Gasteiger partial charge in [-0.05, 0) is 56.0 Å². The first-order valence-corrected chi connectivity index (χ1v) is 8.88. The molecule has 26 heavy (non-hydrogen) atoms. The molecule has 0 radical (unpaired) electrons. The fraction of sp³-hybridized carbons (Fsp3) is 0.300. The molecule has 6 heteroatoms. The van der Waals surface area contributed by atoms with Gasteiger partial charge >= 0.3 is 6.18 Å². The number of nitrogens with two attached hydrogens (primary N) is 1. The van der Waals surface area contributed by atoms with E-state index in [1.54, 1.807) is 0 Å². The number of unbranched alkanes of at least 4 members (excludes halogenated alkanes) is 1. The molecule has 2 aromatic carbocycles. The Kier molecular flexibility index (Phi) is 5.30. The van der Waals surface area contributed by atoms with E-state index in [1.165, 1.54) is 6.07 Å². The molecule has 0 aliphatic carbocycles. The van der Waals surface area contributed by atoms with Gasteiger partial charge in [0, 0.05) is 10.9 Å². The van der Waals surface area contributed by atoms with Gasteiger partial charge in [0.15, 0.2) is 0 Å². The van der Waals surface area contributed by atoms with E-state index in [0.29, 0.717) is 29.1 Å². The first kappa shape index (κ1) is 18.8. The summed E-state index contributed by atoms with van der Waals surface area (Å²) in [5.41, 5.74) is 8.33. The molecule has 0 amide bonds. The molecule has 3 aromatic rings. The maximum atomic E-state index is 13.5. The minimum atomic E-state index is -4.45. The van der Waals surface area contributed by atoms with Crippen molar-refractivity contribution in [1.82, 2.24) is 4.98 Å². The molecule has 1 heterocycles. The number of H-pyrrole nitrogens is 1. The van der Waals surface area contributed by atoms with Gasteiger partial charge in [0.05, 0.1) is 21.8 Å². The van der Waals surface area contributed by atoms with E-state index in [2.05, 4.69) is 4.98 Å². The molecule has 0 aliphatic rings. The van der Waals surface area contributed by atoms with Gasteiger partial charge in [-0.15, -0.1) is 0 Å². The van der Waals surface area contributed by atoms with Crippen LogP contribution in [0.1, 0.15) is 29.5 Å². The number of aromatic amines is 1. The number of rotatable bonds is 5. The van der Waals surface area contributed by atoms with Crippen LogP contribution in [-0.4, -0.2) is 11.5 Å². The van der Waals surface area contributed by atoms with Crippen LogP contribution in [-0.2, 0) is 12.6 Å². The van der Waals surface area contributed by atoms with E-state index in [4.69, 9.17) is 17.3 Å². The average Bonchev–Trinajstić information content (AvgIpc) is 2.95. The van der Waals surface area contributed by atoms with Crippen molar-refractivity contribution in [2.24, 2.45) is 5.73 Å². The molecule has 0 atom stereocenters. The summed E-state index contributed by atoms with van der Waals surface area (Å²) in [5.74, 6) is 0. The summed E-state index contributed by atoms with van der Waals surface area (Å²) in [5, 5.41) is 0.781. The lowest BCUT2D eigenvalue weighted by atomic mass is 9.97. The third kappa shape index (κ3) is 3.46. The smallest absolute Gasteiger partial charge is 0.354 e. The Balaban J connectivity index is 2.31. The molecule has 0 fully saturated rings. The molecule has 0 bridgehead atoms. The van der Waals surface area contributed by atoms with Crippen molar-refractivity contribution < 1.29 is 13.2 Å². The van der Waals surface area contributed by atoms with E-state index < -0.39 is 11.7 Å². The van der Waals surface area contributed by atoms with Crippen molar-refractivity contribution in [2.45, 2.75) is 32.4 Å². The number of halogens is 4. The maximum absolute atomic E-state index is 13.5. The Morgan fingerprint density at radius 2 is 1.81 bits per heavy atom. The summed E-state index contributed by atoms with van der Waals surface area (Å²) < 4.78 is 40.5. The van der Waals surface area contributed by atoms with Crippen molar-refractivity contribution in [3.63, 3.8) is 0 Å². The number of fused-ring (bicyclic) bond motifs is 1. The van der Waals surface area contributed by atoms with Crippen LogP contribution in [0.4, 0.5) is 13.2 Å². The van der Waals surface area contributed by atoms with Gasteiger partial charge in [-0.2, -0.15) is 13.2 Å². The SMILES string of the molecule is Cc1ccccc1-c1[nH]c2c(C(F)(F)F)ccc(Cl)c2c1CCCCN. The zero-order valence-corrected chi connectivity index (χ0v) is 15.1. The zero-order valence-electron chi connectivity index (χ0n) is 14.4. The van der Waals surface area contributed by atoms with Crippen molar-refractivity contribution in [2.75, 3.05) is 6.54 Å². The van der Waals surface area contributed by atoms with Crippen LogP contribution in [0, 0.1) is 6.92 Å². The Morgan fingerprint density at radius 1 is 1.08 bits per heavy atom. The van der Waals surface area contributed by atoms with Crippen molar-refractivity contribution in [3.05, 3.63) is 58.1 Å². The molecule has 0 spiro atoms. The van der Waals surface area contributed by atoms with Gasteiger partial charge in [-0.1, -0.05) is 35.9 Å². The molecule has 3 rings (SSSR count). The number of benzene rings is 2. The number of aryl methyl sites for hydroxylation is 2. The van der Waals surface area contributed by atoms with Gasteiger partial charge in [0.25, 0.3) is 0 Å². The standard InChI is InChI=1S/C20H20ClF3N2/c1-12-6-2-3-7-13(12)18-14(8-4-5-11-25)17-16(21)10-9-15(19(17)26-18)20(22,23)24/h2-3,6-7,9-10,26H,4-5,8,11,25H2,1H3. The van der Waals surface area contributed by atoms with Crippen LogP contribution >= 0.6 is 11.6 Å². The number of hydrogen-bond donors (Lipinski definition) is 2. The molecular formula is C20H20ClF3N2. The normalized spacial score (nSPS) is 12.1. The minimum absolute atomic E-state index is 0.0472. The van der Waals surface area contributed by atoms with Crippen LogP contribution in [0.3, 0.4) is 0 Å². The lowest BCUT2D eigenvalue weighted by Gasteiger charge is -2.09. The highest BCUT2D eigenvalue weighted by molar-refractivity contribution is 6.36. The minimum Gasteiger partial charge on any atom is -0.354 e. The fourth-order valence-electron chi connectivity index (χ4n) is 3.34. The first-order chi connectivity index (χ1) is 12.3. The predicted molar refractivity (Wildman–Crippen MR) is 100 cm³/mol. The van der Waals surface area contributed by atoms with Gasteiger partial charge in [-0.25, -0.2) is 0 Å². The van der Waals surface area contributed by atoms with E-state index in [0.717, 1.165) is 35.6 Å². The Hall–Kier alpha value is -1.98. The molecule has 0 aliphatic heterocycles. The molecule has 2 nitrogen and oxygen atoms in total. The van der Waals surface area contributed by atoms with Crippen LogP contribution in [0.25, 0.3) is 22.2 Å². The Labute approximate surface area is 155 Å². The summed E-state index contributed by atoms with van der Waals surface area (Å²) in [6, 6.07) is 10.00. The lowest BCUT2D eigenvalue weighted by Crippen LogP contribution is -2.05. The quantitative estimate of drug-likeness (QED) is 0.516. The molecule has 3 N–H and O–H groups in total. The fourth-order valence-corrected chi connectivity index (χ4v) is 3.61. The highest BCUT2D eigenvalue weighted by Gasteiger charge is 2.34. The van der Waals surface area contributed by atoms with Crippen LogP contribution in [0.5, 0.6) is 0 Å². The lowest BCUT2D eigenvalue weighted by molar-refractivity contribution is -0.136. The molecule has 0 saturated heterocycles. The molecule has 1 aromatic heterocycles. The topological polar surface area (TPSA) is 41.8 Å². The first-order valence-electron chi connectivity index (χ1n) is 8.51. The highest BCUT2D eigenvalue weighted by atomic mass is 35.5. The summed E-state index contributed by atoms with van der Waals surface area (Å²) in [6.07, 6.45) is -2.25. The van der Waals surface area contributed by atoms with Crippen LogP contribution in [0.15, 0.2) is 36.4 Å². The molecule has 138 valence electrons. The summed E-state index contributed by atoms with van der Waals surface area (Å²) in [7, 11) is 0. The number of alkyl halides is 3. The van der Waals surface area contributed by atoms with Crippen LogP contribution < -0.4 is 5.73 Å². The Bertz CT molecular complexity index is 929. The van der Waals surface area contributed by atoms with E-state index in [9.17, 15) is 13.2 Å². The van der Waals surface area contributed by atoms with E-state index >= 15 is 0 Å². The third-order valence-electron chi connectivity index (χ3n) is 4.61. The van der Waals surface area contributed by atoms with Crippen molar-refractivity contribution >= 4 is 22.5 Å². The predicted octanol–water partition coefficient (Wildman–Crippen LogP) is 6.10. The number of hydrogen-bond acceptors (Lipinski definition) is 1. The van der Waals surface area contributed by atoms with Gasteiger partial charge in [0.1, 0.15) is 0 Å². The maximum Gasteiger partial charge on any atom is 0.418 e. The zero-order chi connectivity index (χ0) is 18.9. The summed E-state index contributed by atoms with van der Waals surface area (Å²) >= 11 is 6.33.